The second kappa shape index (κ2) is 7.11. The largest absolute Gasteiger partial charge is 0.508 e. The minimum absolute atomic E-state index is 0.0901. The van der Waals surface area contributed by atoms with Gasteiger partial charge in [-0.1, -0.05) is 35.9 Å². The third-order valence-corrected chi connectivity index (χ3v) is 3.43. The van der Waals surface area contributed by atoms with Crippen LogP contribution in [-0.4, -0.2) is 24.6 Å². The van der Waals surface area contributed by atoms with E-state index in [1.165, 1.54) is 0 Å². The summed E-state index contributed by atoms with van der Waals surface area (Å²) in [5.41, 5.74) is 1.95. The summed E-state index contributed by atoms with van der Waals surface area (Å²) in [5, 5.41) is 15.8. The normalized spacial score (nSPS) is 11.9. The molecule has 2 aromatic carbocycles. The van der Waals surface area contributed by atoms with Crippen LogP contribution >= 0.6 is 11.6 Å². The third kappa shape index (κ3) is 4.21. The number of likely N-dealkylation sites (N-methyl/N-ethyl adjacent to an activating group) is 1. The molecule has 0 aliphatic rings. The lowest BCUT2D eigenvalue weighted by molar-refractivity contribution is -0.119. The molecule has 0 aliphatic heterocycles. The minimum atomic E-state index is -0.153. The molecular weight excluding hydrogens is 288 g/mol. The Morgan fingerprint density at radius 1 is 1.10 bits per heavy atom. The molecule has 0 heterocycles. The van der Waals surface area contributed by atoms with E-state index in [-0.39, 0.29) is 24.2 Å². The van der Waals surface area contributed by atoms with Gasteiger partial charge in [0, 0.05) is 12.1 Å². The summed E-state index contributed by atoms with van der Waals surface area (Å²) >= 11 is 5.92. The number of phenols is 1. The van der Waals surface area contributed by atoms with E-state index in [0.29, 0.717) is 5.02 Å². The number of carbonyl (C=O) groups is 1. The van der Waals surface area contributed by atoms with Gasteiger partial charge >= 0.3 is 0 Å². The van der Waals surface area contributed by atoms with Crippen LogP contribution in [0.1, 0.15) is 17.2 Å². The summed E-state index contributed by atoms with van der Waals surface area (Å²) in [6.45, 7) is 0.199. The maximum Gasteiger partial charge on any atom is 0.233 e. The highest BCUT2D eigenvalue weighted by molar-refractivity contribution is 6.30. The molecule has 3 N–H and O–H groups in total. The van der Waals surface area contributed by atoms with Crippen molar-refractivity contribution in [3.8, 4) is 5.75 Å². The van der Waals surface area contributed by atoms with E-state index in [4.69, 9.17) is 11.6 Å². The second-order valence-corrected chi connectivity index (χ2v) is 5.07. The summed E-state index contributed by atoms with van der Waals surface area (Å²) in [4.78, 5) is 11.5. The monoisotopic (exact) mass is 304 g/mol. The van der Waals surface area contributed by atoms with Crippen LogP contribution in [0.5, 0.6) is 5.75 Å². The predicted octanol–water partition coefficient (Wildman–Crippen LogP) is 2.47. The van der Waals surface area contributed by atoms with E-state index in [2.05, 4.69) is 10.6 Å². The fraction of sp³-hybridized carbons (Fsp3) is 0.188. The number of aromatic hydroxyl groups is 1. The first-order valence-electron chi connectivity index (χ1n) is 6.58. The van der Waals surface area contributed by atoms with Crippen molar-refractivity contribution < 1.29 is 9.90 Å². The van der Waals surface area contributed by atoms with Crippen molar-refractivity contribution in [3.05, 3.63) is 64.7 Å². The molecule has 1 atom stereocenters. The van der Waals surface area contributed by atoms with E-state index >= 15 is 0 Å². The zero-order valence-electron chi connectivity index (χ0n) is 11.6. The molecule has 5 heteroatoms. The number of rotatable bonds is 5. The van der Waals surface area contributed by atoms with Gasteiger partial charge in [-0.3, -0.25) is 10.1 Å². The van der Waals surface area contributed by atoms with Gasteiger partial charge in [0.15, 0.2) is 0 Å². The lowest BCUT2D eigenvalue weighted by Gasteiger charge is -2.19. The molecule has 0 aliphatic carbocycles. The Hall–Kier alpha value is -2.04. The number of hydrogen-bond donors (Lipinski definition) is 3. The lowest BCUT2D eigenvalue weighted by atomic mass is 9.98. The second-order valence-electron chi connectivity index (χ2n) is 4.63. The Balaban J connectivity index is 2.27. The highest BCUT2D eigenvalue weighted by atomic mass is 35.5. The molecule has 2 aromatic rings. The highest BCUT2D eigenvalue weighted by Crippen LogP contribution is 2.24. The zero-order chi connectivity index (χ0) is 15.2. The Kier molecular flexibility index (Phi) is 5.20. The SMILES string of the molecule is CNC(=O)CNC(c1ccc(O)cc1)c1ccc(Cl)cc1. The molecule has 0 spiro atoms. The Labute approximate surface area is 128 Å². The Morgan fingerprint density at radius 2 is 1.62 bits per heavy atom. The summed E-state index contributed by atoms with van der Waals surface area (Å²) in [6.07, 6.45) is 0. The number of hydrogen-bond acceptors (Lipinski definition) is 3. The molecular formula is C16H17ClN2O2. The van der Waals surface area contributed by atoms with Crippen LogP contribution in [0, 0.1) is 0 Å². The van der Waals surface area contributed by atoms with Gasteiger partial charge in [-0.25, -0.2) is 0 Å². The first-order valence-corrected chi connectivity index (χ1v) is 6.96. The van der Waals surface area contributed by atoms with Crippen molar-refractivity contribution in [2.75, 3.05) is 13.6 Å². The molecule has 21 heavy (non-hydrogen) atoms. The number of phenolic OH excluding ortho intramolecular Hbond substituents is 1. The predicted molar refractivity (Wildman–Crippen MR) is 83.5 cm³/mol. The number of nitrogens with one attached hydrogen (secondary N) is 2. The average molecular weight is 305 g/mol. The molecule has 1 amide bonds. The molecule has 110 valence electrons. The van der Waals surface area contributed by atoms with Gasteiger partial charge in [0.2, 0.25) is 5.91 Å². The molecule has 0 fully saturated rings. The Morgan fingerprint density at radius 3 is 2.14 bits per heavy atom. The summed E-state index contributed by atoms with van der Waals surface area (Å²) < 4.78 is 0. The summed E-state index contributed by atoms with van der Waals surface area (Å²) in [6, 6.07) is 14.2. The minimum Gasteiger partial charge on any atom is -0.508 e. The van der Waals surface area contributed by atoms with Gasteiger partial charge in [0.1, 0.15) is 5.75 Å². The standard InChI is InChI=1S/C16H17ClN2O2/c1-18-15(21)10-19-16(11-2-6-13(17)7-3-11)12-4-8-14(20)9-5-12/h2-9,16,19-20H,10H2,1H3,(H,18,21). The molecule has 0 aromatic heterocycles. The number of amides is 1. The molecule has 4 nitrogen and oxygen atoms in total. The maximum atomic E-state index is 11.5. The van der Waals surface area contributed by atoms with E-state index < -0.39 is 0 Å². The van der Waals surface area contributed by atoms with Crippen LogP contribution in [0.3, 0.4) is 0 Å². The molecule has 0 bridgehead atoms. The quantitative estimate of drug-likeness (QED) is 0.795. The van der Waals surface area contributed by atoms with Crippen molar-refractivity contribution in [1.29, 1.82) is 0 Å². The molecule has 0 saturated heterocycles. The van der Waals surface area contributed by atoms with Crippen LogP contribution in [-0.2, 0) is 4.79 Å². The van der Waals surface area contributed by atoms with Gasteiger partial charge in [-0.2, -0.15) is 0 Å². The van der Waals surface area contributed by atoms with Crippen LogP contribution in [0.25, 0.3) is 0 Å². The maximum absolute atomic E-state index is 11.5. The van der Waals surface area contributed by atoms with Crippen molar-refractivity contribution in [2.45, 2.75) is 6.04 Å². The third-order valence-electron chi connectivity index (χ3n) is 3.18. The lowest BCUT2D eigenvalue weighted by Crippen LogP contribution is -2.34. The van der Waals surface area contributed by atoms with Gasteiger partial charge in [0.05, 0.1) is 12.6 Å². The highest BCUT2D eigenvalue weighted by Gasteiger charge is 2.14. The van der Waals surface area contributed by atoms with E-state index in [9.17, 15) is 9.90 Å². The smallest absolute Gasteiger partial charge is 0.233 e. The number of carbonyl (C=O) groups excluding carboxylic acids is 1. The van der Waals surface area contributed by atoms with Crippen molar-refractivity contribution in [2.24, 2.45) is 0 Å². The molecule has 0 saturated carbocycles. The van der Waals surface area contributed by atoms with Gasteiger partial charge in [-0.05, 0) is 35.4 Å². The van der Waals surface area contributed by atoms with Crippen LogP contribution in [0.2, 0.25) is 5.02 Å². The first kappa shape index (κ1) is 15.4. The zero-order valence-corrected chi connectivity index (χ0v) is 12.4. The number of halogens is 1. The van der Waals surface area contributed by atoms with Crippen molar-refractivity contribution in [1.82, 2.24) is 10.6 Å². The van der Waals surface area contributed by atoms with Crippen molar-refractivity contribution >= 4 is 17.5 Å². The number of benzene rings is 2. The fourth-order valence-electron chi connectivity index (χ4n) is 2.03. The summed E-state index contributed by atoms with van der Waals surface area (Å²) in [5.74, 6) is 0.118. The first-order chi connectivity index (χ1) is 10.1. The van der Waals surface area contributed by atoms with Crippen LogP contribution in [0.4, 0.5) is 0 Å². The average Bonchev–Trinajstić information content (AvgIpc) is 2.50. The van der Waals surface area contributed by atoms with Crippen LogP contribution < -0.4 is 10.6 Å². The Bertz CT molecular complexity index is 551. The topological polar surface area (TPSA) is 61.4 Å². The molecule has 2 rings (SSSR count). The van der Waals surface area contributed by atoms with Gasteiger partial charge < -0.3 is 10.4 Å². The van der Waals surface area contributed by atoms with E-state index in [1.54, 1.807) is 19.2 Å². The fourth-order valence-corrected chi connectivity index (χ4v) is 2.16. The van der Waals surface area contributed by atoms with Gasteiger partial charge in [0.25, 0.3) is 0 Å². The van der Waals surface area contributed by atoms with E-state index in [0.717, 1.165) is 11.1 Å². The molecule has 1 unspecified atom stereocenters. The molecule has 0 radical (unpaired) electrons. The van der Waals surface area contributed by atoms with Crippen molar-refractivity contribution in [3.63, 3.8) is 0 Å². The summed E-state index contributed by atoms with van der Waals surface area (Å²) in [7, 11) is 1.60. The van der Waals surface area contributed by atoms with E-state index in [1.807, 2.05) is 36.4 Å². The van der Waals surface area contributed by atoms with Gasteiger partial charge in [-0.15, -0.1) is 0 Å². The van der Waals surface area contributed by atoms with Crippen LogP contribution in [0.15, 0.2) is 48.5 Å².